The van der Waals surface area contributed by atoms with Crippen molar-refractivity contribution in [2.75, 3.05) is 31.9 Å². The fourth-order valence-electron chi connectivity index (χ4n) is 2.50. The second kappa shape index (κ2) is 6.03. The van der Waals surface area contributed by atoms with E-state index < -0.39 is 0 Å². The molecule has 0 spiro atoms. The maximum atomic E-state index is 5.81. The first-order valence-electron chi connectivity index (χ1n) is 6.55. The maximum absolute atomic E-state index is 5.81. The van der Waals surface area contributed by atoms with Crippen LogP contribution < -0.4 is 11.1 Å². The molecule has 0 aliphatic carbocycles. The van der Waals surface area contributed by atoms with E-state index in [1.165, 1.54) is 18.5 Å². The van der Waals surface area contributed by atoms with Crippen LogP contribution in [-0.4, -0.2) is 37.1 Å². The lowest BCUT2D eigenvalue weighted by Crippen LogP contribution is -2.37. The van der Waals surface area contributed by atoms with Gasteiger partial charge in [0.1, 0.15) is 0 Å². The number of hydrogen-bond acceptors (Lipinski definition) is 3. The summed E-state index contributed by atoms with van der Waals surface area (Å²) in [5, 5.41) is 3.44. The second-order valence-corrected chi connectivity index (χ2v) is 4.94. The van der Waals surface area contributed by atoms with Crippen molar-refractivity contribution >= 4 is 5.69 Å². The molecule has 1 aliphatic heterocycles. The smallest absolute Gasteiger partial charge is 0.0316 e. The SMILES string of the molecule is CC(Cc1cccc(N)c1)N1CCCNCC1. The van der Waals surface area contributed by atoms with Gasteiger partial charge in [-0.3, -0.25) is 4.90 Å². The summed E-state index contributed by atoms with van der Waals surface area (Å²) in [5.41, 5.74) is 8.02. The molecule has 1 aromatic rings. The van der Waals surface area contributed by atoms with E-state index in [0.717, 1.165) is 31.7 Å². The van der Waals surface area contributed by atoms with Crippen molar-refractivity contribution in [3.8, 4) is 0 Å². The van der Waals surface area contributed by atoms with Crippen LogP contribution in [0, 0.1) is 0 Å². The van der Waals surface area contributed by atoms with Crippen molar-refractivity contribution in [2.24, 2.45) is 0 Å². The van der Waals surface area contributed by atoms with Crippen molar-refractivity contribution in [2.45, 2.75) is 25.8 Å². The van der Waals surface area contributed by atoms with E-state index in [-0.39, 0.29) is 0 Å². The topological polar surface area (TPSA) is 41.3 Å². The highest BCUT2D eigenvalue weighted by Gasteiger charge is 2.15. The first-order valence-corrected chi connectivity index (χ1v) is 6.55. The summed E-state index contributed by atoms with van der Waals surface area (Å²) in [4.78, 5) is 2.57. The number of hydrogen-bond donors (Lipinski definition) is 2. The Balaban J connectivity index is 1.93. The summed E-state index contributed by atoms with van der Waals surface area (Å²) >= 11 is 0. The van der Waals surface area contributed by atoms with Gasteiger partial charge in [-0.2, -0.15) is 0 Å². The zero-order valence-corrected chi connectivity index (χ0v) is 10.7. The van der Waals surface area contributed by atoms with E-state index in [2.05, 4.69) is 29.3 Å². The average molecular weight is 233 g/mol. The van der Waals surface area contributed by atoms with Crippen molar-refractivity contribution in [1.29, 1.82) is 0 Å². The highest BCUT2D eigenvalue weighted by Crippen LogP contribution is 2.12. The predicted molar refractivity (Wildman–Crippen MR) is 73.1 cm³/mol. The van der Waals surface area contributed by atoms with Gasteiger partial charge in [0.2, 0.25) is 0 Å². The molecule has 1 aliphatic rings. The number of nitrogens with zero attached hydrogens (tertiary/aromatic N) is 1. The van der Waals surface area contributed by atoms with E-state index in [9.17, 15) is 0 Å². The van der Waals surface area contributed by atoms with Crippen LogP contribution in [-0.2, 0) is 6.42 Å². The zero-order valence-electron chi connectivity index (χ0n) is 10.7. The number of rotatable bonds is 3. The van der Waals surface area contributed by atoms with Gasteiger partial charge >= 0.3 is 0 Å². The van der Waals surface area contributed by atoms with Crippen LogP contribution in [0.2, 0.25) is 0 Å². The van der Waals surface area contributed by atoms with E-state index in [0.29, 0.717) is 6.04 Å². The van der Waals surface area contributed by atoms with Crippen molar-refractivity contribution in [3.05, 3.63) is 29.8 Å². The zero-order chi connectivity index (χ0) is 12.1. The Morgan fingerprint density at radius 3 is 3.06 bits per heavy atom. The molecule has 1 saturated heterocycles. The van der Waals surface area contributed by atoms with Crippen LogP contribution in [0.5, 0.6) is 0 Å². The molecule has 17 heavy (non-hydrogen) atoms. The third kappa shape index (κ3) is 3.72. The summed E-state index contributed by atoms with van der Waals surface area (Å²) in [6, 6.07) is 8.85. The number of anilines is 1. The maximum Gasteiger partial charge on any atom is 0.0316 e. The molecular formula is C14H23N3. The van der Waals surface area contributed by atoms with Gasteiger partial charge in [-0.15, -0.1) is 0 Å². The quantitative estimate of drug-likeness (QED) is 0.777. The molecule has 1 fully saturated rings. The van der Waals surface area contributed by atoms with E-state index in [1.54, 1.807) is 0 Å². The normalized spacial score (nSPS) is 19.8. The fourth-order valence-corrected chi connectivity index (χ4v) is 2.50. The Bertz CT molecular complexity index is 343. The van der Waals surface area contributed by atoms with E-state index >= 15 is 0 Å². The van der Waals surface area contributed by atoms with Gasteiger partial charge in [0.15, 0.2) is 0 Å². The minimum absolute atomic E-state index is 0.594. The Labute approximate surface area is 104 Å². The van der Waals surface area contributed by atoms with Crippen LogP contribution in [0.25, 0.3) is 0 Å². The number of nitrogen functional groups attached to an aromatic ring is 1. The summed E-state index contributed by atoms with van der Waals surface area (Å²) in [7, 11) is 0. The molecular weight excluding hydrogens is 210 g/mol. The molecule has 1 heterocycles. The lowest BCUT2D eigenvalue weighted by atomic mass is 10.1. The van der Waals surface area contributed by atoms with Gasteiger partial charge in [-0.05, 0) is 50.6 Å². The lowest BCUT2D eigenvalue weighted by molar-refractivity contribution is 0.221. The van der Waals surface area contributed by atoms with Crippen molar-refractivity contribution in [1.82, 2.24) is 10.2 Å². The largest absolute Gasteiger partial charge is 0.399 e. The fraction of sp³-hybridized carbons (Fsp3) is 0.571. The summed E-state index contributed by atoms with van der Waals surface area (Å²) in [5.74, 6) is 0. The van der Waals surface area contributed by atoms with Crippen LogP contribution in [0.15, 0.2) is 24.3 Å². The third-order valence-corrected chi connectivity index (χ3v) is 3.48. The summed E-state index contributed by atoms with van der Waals surface area (Å²) in [6.45, 7) is 6.94. The Morgan fingerprint density at radius 2 is 2.24 bits per heavy atom. The molecule has 3 heteroatoms. The lowest BCUT2D eigenvalue weighted by Gasteiger charge is -2.27. The highest BCUT2D eigenvalue weighted by atomic mass is 15.2. The van der Waals surface area contributed by atoms with Gasteiger partial charge in [0.25, 0.3) is 0 Å². The molecule has 0 aromatic heterocycles. The summed E-state index contributed by atoms with van der Waals surface area (Å²) in [6.07, 6.45) is 2.34. The molecule has 1 aromatic carbocycles. The van der Waals surface area contributed by atoms with Crippen LogP contribution in [0.4, 0.5) is 5.69 Å². The number of nitrogens with two attached hydrogens (primary N) is 1. The highest BCUT2D eigenvalue weighted by molar-refractivity contribution is 5.40. The molecule has 3 N–H and O–H groups in total. The Kier molecular flexibility index (Phi) is 4.40. The molecule has 0 radical (unpaired) electrons. The van der Waals surface area contributed by atoms with Gasteiger partial charge in [-0.25, -0.2) is 0 Å². The monoisotopic (exact) mass is 233 g/mol. The Hall–Kier alpha value is -1.06. The van der Waals surface area contributed by atoms with E-state index in [1.807, 2.05) is 12.1 Å². The predicted octanol–water partition coefficient (Wildman–Crippen LogP) is 1.50. The van der Waals surface area contributed by atoms with Crippen LogP contribution in [0.3, 0.4) is 0 Å². The minimum atomic E-state index is 0.594. The molecule has 94 valence electrons. The molecule has 3 nitrogen and oxygen atoms in total. The standard InChI is InChI=1S/C14H23N3/c1-12(17-8-3-6-16-7-9-17)10-13-4-2-5-14(15)11-13/h2,4-5,11-12,16H,3,6-10,15H2,1H3. The van der Waals surface area contributed by atoms with Gasteiger partial charge in [0, 0.05) is 24.8 Å². The third-order valence-electron chi connectivity index (χ3n) is 3.48. The number of benzene rings is 1. The first-order chi connectivity index (χ1) is 8.25. The number of nitrogens with one attached hydrogen (secondary N) is 1. The van der Waals surface area contributed by atoms with Crippen molar-refractivity contribution < 1.29 is 0 Å². The average Bonchev–Trinajstić information content (AvgIpc) is 2.57. The van der Waals surface area contributed by atoms with Crippen LogP contribution >= 0.6 is 0 Å². The van der Waals surface area contributed by atoms with Crippen LogP contribution in [0.1, 0.15) is 18.9 Å². The molecule has 0 saturated carbocycles. The van der Waals surface area contributed by atoms with E-state index in [4.69, 9.17) is 5.73 Å². The molecule has 1 atom stereocenters. The summed E-state index contributed by atoms with van der Waals surface area (Å²) < 4.78 is 0. The Morgan fingerprint density at radius 1 is 1.35 bits per heavy atom. The molecule has 2 rings (SSSR count). The molecule has 0 bridgehead atoms. The molecule has 1 unspecified atom stereocenters. The first kappa shape index (κ1) is 12.4. The van der Waals surface area contributed by atoms with Crippen molar-refractivity contribution in [3.63, 3.8) is 0 Å². The van der Waals surface area contributed by atoms with Gasteiger partial charge in [0.05, 0.1) is 0 Å². The minimum Gasteiger partial charge on any atom is -0.399 e. The second-order valence-electron chi connectivity index (χ2n) is 4.94. The van der Waals surface area contributed by atoms with Gasteiger partial charge < -0.3 is 11.1 Å². The molecule has 0 amide bonds. The van der Waals surface area contributed by atoms with Gasteiger partial charge in [-0.1, -0.05) is 12.1 Å².